The molecule has 2 aromatic rings. The van der Waals surface area contributed by atoms with E-state index >= 15 is 0 Å². The lowest BCUT2D eigenvalue weighted by Crippen LogP contribution is -2.57. The van der Waals surface area contributed by atoms with Crippen molar-refractivity contribution in [1.29, 1.82) is 0 Å². The topological polar surface area (TPSA) is 102 Å². The molecule has 0 saturated carbocycles. The van der Waals surface area contributed by atoms with Crippen LogP contribution in [-0.4, -0.2) is 63.8 Å². The minimum Gasteiger partial charge on any atom is -0.444 e. The smallest absolute Gasteiger partial charge is 0.412 e. The van der Waals surface area contributed by atoms with Crippen LogP contribution in [0.25, 0.3) is 10.8 Å². The minimum atomic E-state index is -3.61. The molecular formula is C28H42NO7SSi. The third kappa shape index (κ3) is 7.15. The average molecular weight is 565 g/mol. The summed E-state index contributed by atoms with van der Waals surface area (Å²) in [4.78, 5) is 14.9. The first-order valence-electron chi connectivity index (χ1n) is 12.9. The van der Waals surface area contributed by atoms with E-state index in [2.05, 4.69) is 20.8 Å². The lowest BCUT2D eigenvalue weighted by molar-refractivity contribution is -0.136. The van der Waals surface area contributed by atoms with Gasteiger partial charge in [0.25, 0.3) is 10.1 Å². The molecule has 0 spiro atoms. The Kier molecular flexibility index (Phi) is 8.75. The van der Waals surface area contributed by atoms with Crippen LogP contribution >= 0.6 is 0 Å². The Morgan fingerprint density at radius 2 is 1.61 bits per heavy atom. The van der Waals surface area contributed by atoms with Crippen molar-refractivity contribution in [2.75, 3.05) is 12.8 Å². The normalized spacial score (nSPS) is 22.9. The molecule has 10 heteroatoms. The van der Waals surface area contributed by atoms with Gasteiger partial charge in [-0.25, -0.2) is 4.79 Å². The Labute approximate surface area is 229 Å². The summed E-state index contributed by atoms with van der Waals surface area (Å²) in [6.07, 6.45) is -0.0607. The van der Waals surface area contributed by atoms with Crippen molar-refractivity contribution in [3.8, 4) is 0 Å². The van der Waals surface area contributed by atoms with Gasteiger partial charge >= 0.3 is 6.09 Å². The number of rotatable bonds is 7. The fourth-order valence-corrected chi connectivity index (χ4v) is 6.19. The molecule has 0 aromatic heterocycles. The third-order valence-corrected chi connectivity index (χ3v) is 8.01. The molecule has 3 atom stereocenters. The number of ether oxygens (including phenoxy) is 1. The van der Waals surface area contributed by atoms with E-state index in [1.54, 1.807) is 20.8 Å². The summed E-state index contributed by atoms with van der Waals surface area (Å²) in [5.74, 6) is -0.131. The van der Waals surface area contributed by atoms with Crippen molar-refractivity contribution in [2.45, 2.75) is 85.1 Å². The van der Waals surface area contributed by atoms with Gasteiger partial charge in [0.1, 0.15) is 5.60 Å². The quantitative estimate of drug-likeness (QED) is 0.369. The van der Waals surface area contributed by atoms with Crippen LogP contribution in [0.5, 0.6) is 0 Å². The second-order valence-electron chi connectivity index (χ2n) is 12.5. The summed E-state index contributed by atoms with van der Waals surface area (Å²) in [7, 11) is -4.85. The maximum absolute atomic E-state index is 13.5. The molecule has 1 saturated heterocycles. The van der Waals surface area contributed by atoms with Crippen LogP contribution in [0, 0.1) is 11.3 Å². The minimum absolute atomic E-state index is 0.0940. The van der Waals surface area contributed by atoms with Gasteiger partial charge in [0, 0.05) is 18.9 Å². The molecule has 1 radical (unpaired) electrons. The number of nitrogens with zero attached hydrogens (tertiary/aromatic N) is 1. The van der Waals surface area contributed by atoms with Crippen LogP contribution in [0.4, 0.5) is 4.79 Å². The molecule has 0 bridgehead atoms. The highest BCUT2D eigenvalue weighted by molar-refractivity contribution is 7.85. The summed E-state index contributed by atoms with van der Waals surface area (Å²) in [5.41, 5.74) is -1.11. The molecule has 2 aromatic carbocycles. The highest BCUT2D eigenvalue weighted by atomic mass is 32.2. The van der Waals surface area contributed by atoms with Crippen molar-refractivity contribution >= 4 is 36.0 Å². The second kappa shape index (κ2) is 10.9. The number of benzene rings is 2. The van der Waals surface area contributed by atoms with E-state index < -0.39 is 42.7 Å². The molecule has 8 nitrogen and oxygen atoms in total. The average Bonchev–Trinajstić information content (AvgIpc) is 3.03. The predicted octanol–water partition coefficient (Wildman–Crippen LogP) is 5.10. The van der Waals surface area contributed by atoms with E-state index in [-0.39, 0.29) is 24.4 Å². The van der Waals surface area contributed by atoms with Gasteiger partial charge < -0.3 is 14.3 Å². The molecule has 1 unspecified atom stereocenters. The van der Waals surface area contributed by atoms with Crippen LogP contribution < -0.4 is 0 Å². The SMILES string of the molecule is C[Si](C)OC1[C@H](C(C)(C)C)CN(C(=O)OC(C)(C)C)[C@]1(O)Cc1ccc(COS(C)(=O)=O)c2ccccc12. The Morgan fingerprint density at radius 1 is 1.05 bits per heavy atom. The lowest BCUT2D eigenvalue weighted by Gasteiger charge is -2.40. The molecule has 1 amide bonds. The van der Waals surface area contributed by atoms with Crippen molar-refractivity contribution in [3.05, 3.63) is 47.5 Å². The standard InChI is InChI=1S/C28H42NO7SSi/c1-26(2,3)23-17-29(25(30)35-27(4,5)6)28(31,24(23)36-38(8)9)16-19-14-15-20(18-34-37(7,32)33)22-13-11-10-12-21(19)22/h10-15,23-24,31H,16-18H2,1-9H3/t23-,24?,28+/m1/s1. The summed E-state index contributed by atoms with van der Waals surface area (Å²) < 4.78 is 40.5. The highest BCUT2D eigenvalue weighted by Crippen LogP contribution is 2.46. The van der Waals surface area contributed by atoms with E-state index in [1.165, 1.54) is 4.90 Å². The molecule has 1 aliphatic heterocycles. The molecule has 3 rings (SSSR count). The molecule has 1 fully saturated rings. The van der Waals surface area contributed by atoms with Crippen molar-refractivity contribution < 1.29 is 31.7 Å². The number of aliphatic hydroxyl groups is 1. The largest absolute Gasteiger partial charge is 0.444 e. The molecule has 1 N–H and O–H groups in total. The third-order valence-electron chi connectivity index (χ3n) is 6.74. The van der Waals surface area contributed by atoms with E-state index in [0.29, 0.717) is 12.1 Å². The molecule has 0 aliphatic carbocycles. The molecule has 38 heavy (non-hydrogen) atoms. The van der Waals surface area contributed by atoms with Crippen LogP contribution in [0.1, 0.15) is 52.7 Å². The van der Waals surface area contributed by atoms with Gasteiger partial charge in [0.15, 0.2) is 5.72 Å². The van der Waals surface area contributed by atoms with Gasteiger partial charge in [-0.3, -0.25) is 9.08 Å². The van der Waals surface area contributed by atoms with Gasteiger partial charge in [-0.05, 0) is 61.2 Å². The number of carbonyl (C=O) groups excluding carboxylic acids is 1. The van der Waals surface area contributed by atoms with Crippen LogP contribution in [0.2, 0.25) is 13.1 Å². The van der Waals surface area contributed by atoms with E-state index in [9.17, 15) is 18.3 Å². The number of amides is 1. The van der Waals surface area contributed by atoms with Crippen LogP contribution in [-0.2, 0) is 36.5 Å². The number of fused-ring (bicyclic) bond motifs is 1. The summed E-state index contributed by atoms with van der Waals surface area (Å²) >= 11 is 0. The first-order valence-corrected chi connectivity index (χ1v) is 17.1. The molecule has 211 valence electrons. The zero-order chi connectivity index (χ0) is 28.7. The first kappa shape index (κ1) is 30.6. The summed E-state index contributed by atoms with van der Waals surface area (Å²) in [6, 6.07) is 11.3. The van der Waals surface area contributed by atoms with Crippen molar-refractivity contribution in [1.82, 2.24) is 4.90 Å². The molecular weight excluding hydrogens is 522 g/mol. The maximum atomic E-state index is 13.5. The second-order valence-corrected chi connectivity index (χ2v) is 16.2. The zero-order valence-electron chi connectivity index (χ0n) is 24.0. The predicted molar refractivity (Wildman–Crippen MR) is 150 cm³/mol. The van der Waals surface area contributed by atoms with Crippen molar-refractivity contribution in [2.24, 2.45) is 11.3 Å². The van der Waals surface area contributed by atoms with Gasteiger partial charge in [-0.15, -0.1) is 0 Å². The Bertz CT molecular complexity index is 1270. The van der Waals surface area contributed by atoms with E-state index in [1.807, 2.05) is 49.5 Å². The van der Waals surface area contributed by atoms with Crippen LogP contribution in [0.3, 0.4) is 0 Å². The van der Waals surface area contributed by atoms with Crippen LogP contribution in [0.15, 0.2) is 36.4 Å². The molecule has 1 heterocycles. The van der Waals surface area contributed by atoms with E-state index in [0.717, 1.165) is 22.6 Å². The first-order chi connectivity index (χ1) is 17.3. The van der Waals surface area contributed by atoms with Crippen molar-refractivity contribution in [3.63, 3.8) is 0 Å². The van der Waals surface area contributed by atoms with Gasteiger partial charge in [-0.2, -0.15) is 8.42 Å². The number of hydrogen-bond acceptors (Lipinski definition) is 7. The monoisotopic (exact) mass is 564 g/mol. The fourth-order valence-electron chi connectivity index (χ4n) is 4.99. The maximum Gasteiger partial charge on any atom is 0.412 e. The zero-order valence-corrected chi connectivity index (χ0v) is 25.8. The van der Waals surface area contributed by atoms with Gasteiger partial charge in [-0.1, -0.05) is 57.2 Å². The van der Waals surface area contributed by atoms with Gasteiger partial charge in [0.2, 0.25) is 9.04 Å². The number of likely N-dealkylation sites (tertiary alicyclic amines) is 1. The molecule has 1 aliphatic rings. The Morgan fingerprint density at radius 3 is 2.11 bits per heavy atom. The van der Waals surface area contributed by atoms with E-state index in [4.69, 9.17) is 13.3 Å². The summed E-state index contributed by atoms with van der Waals surface area (Å²) in [6.45, 7) is 15.9. The lowest BCUT2D eigenvalue weighted by atomic mass is 9.76. The number of carbonyl (C=O) groups is 1. The summed E-state index contributed by atoms with van der Waals surface area (Å²) in [5, 5.41) is 14.1. The highest BCUT2D eigenvalue weighted by Gasteiger charge is 2.59. The Balaban J connectivity index is 2.13. The fraction of sp³-hybridized carbons (Fsp3) is 0.607. The van der Waals surface area contributed by atoms with Gasteiger partial charge in [0.05, 0.1) is 19.0 Å². The Hall–Kier alpha value is -1.98. The number of hydrogen-bond donors (Lipinski definition) is 1.